The third-order valence-electron chi connectivity index (χ3n) is 3.62. The summed E-state index contributed by atoms with van der Waals surface area (Å²) in [6, 6.07) is 0. The maximum Gasteiger partial charge on any atom is 0.229 e. The highest BCUT2D eigenvalue weighted by Crippen LogP contribution is 2.21. The molecule has 0 atom stereocenters. The minimum Gasteiger partial charge on any atom is -0.339 e. The van der Waals surface area contributed by atoms with Crippen LogP contribution in [0.5, 0.6) is 0 Å². The van der Waals surface area contributed by atoms with Crippen LogP contribution >= 0.6 is 0 Å². The summed E-state index contributed by atoms with van der Waals surface area (Å²) >= 11 is 0. The molecule has 1 fully saturated rings. The van der Waals surface area contributed by atoms with Crippen LogP contribution in [0.15, 0.2) is 4.52 Å². The second-order valence-electron chi connectivity index (χ2n) is 5.50. The summed E-state index contributed by atoms with van der Waals surface area (Å²) in [5, 5.41) is 4.04. The van der Waals surface area contributed by atoms with Gasteiger partial charge in [-0.1, -0.05) is 19.0 Å². The van der Waals surface area contributed by atoms with E-state index in [1.165, 1.54) is 12.8 Å². The summed E-state index contributed by atoms with van der Waals surface area (Å²) in [6.45, 7) is 8.00. The van der Waals surface area contributed by atoms with E-state index in [2.05, 4.69) is 28.9 Å². The minimum atomic E-state index is 0.307. The highest BCUT2D eigenvalue weighted by atomic mass is 16.5. The predicted molar refractivity (Wildman–Crippen MR) is 70.1 cm³/mol. The molecule has 0 saturated carbocycles. The van der Waals surface area contributed by atoms with E-state index in [1.54, 1.807) is 0 Å². The van der Waals surface area contributed by atoms with Gasteiger partial charge in [0.1, 0.15) is 0 Å². The lowest BCUT2D eigenvalue weighted by Crippen LogP contribution is -2.34. The van der Waals surface area contributed by atoms with Gasteiger partial charge in [0, 0.05) is 5.92 Å². The summed E-state index contributed by atoms with van der Waals surface area (Å²) in [5.41, 5.74) is 5.60. The number of piperidine rings is 1. The maximum atomic E-state index is 5.60. The lowest BCUT2D eigenvalue weighted by atomic mass is 9.94. The second kappa shape index (κ2) is 6.29. The topological polar surface area (TPSA) is 68.2 Å². The van der Waals surface area contributed by atoms with Crippen LogP contribution in [0.3, 0.4) is 0 Å². The zero-order valence-corrected chi connectivity index (χ0v) is 11.4. The summed E-state index contributed by atoms with van der Waals surface area (Å²) < 4.78 is 5.22. The van der Waals surface area contributed by atoms with E-state index in [9.17, 15) is 0 Å². The van der Waals surface area contributed by atoms with Crippen molar-refractivity contribution in [1.29, 1.82) is 0 Å². The van der Waals surface area contributed by atoms with Gasteiger partial charge in [-0.05, 0) is 44.8 Å². The van der Waals surface area contributed by atoms with Crippen LogP contribution in [0, 0.1) is 5.92 Å². The fourth-order valence-electron chi connectivity index (χ4n) is 2.44. The Balaban J connectivity index is 1.80. The van der Waals surface area contributed by atoms with E-state index in [0.717, 1.165) is 50.2 Å². The average molecular weight is 252 g/mol. The van der Waals surface area contributed by atoms with E-state index in [4.69, 9.17) is 10.3 Å². The van der Waals surface area contributed by atoms with Gasteiger partial charge in [0.05, 0.1) is 6.54 Å². The van der Waals surface area contributed by atoms with Crippen LogP contribution in [-0.4, -0.2) is 34.7 Å². The van der Waals surface area contributed by atoms with Crippen molar-refractivity contribution in [1.82, 2.24) is 15.0 Å². The average Bonchev–Trinajstić information content (AvgIpc) is 2.81. The number of likely N-dealkylation sites (tertiary alicyclic amines) is 1. The van der Waals surface area contributed by atoms with Gasteiger partial charge in [0.2, 0.25) is 5.89 Å². The molecule has 0 amide bonds. The first-order chi connectivity index (χ1) is 8.69. The highest BCUT2D eigenvalue weighted by molar-refractivity contribution is 4.91. The third-order valence-corrected chi connectivity index (χ3v) is 3.62. The Morgan fingerprint density at radius 3 is 2.67 bits per heavy atom. The summed E-state index contributed by atoms with van der Waals surface area (Å²) in [4.78, 5) is 6.82. The quantitative estimate of drug-likeness (QED) is 0.864. The van der Waals surface area contributed by atoms with Crippen molar-refractivity contribution in [3.63, 3.8) is 0 Å². The molecule has 2 N–H and O–H groups in total. The molecule has 18 heavy (non-hydrogen) atoms. The number of rotatable bonds is 5. The second-order valence-corrected chi connectivity index (χ2v) is 5.50. The Labute approximate surface area is 109 Å². The fourth-order valence-corrected chi connectivity index (χ4v) is 2.44. The predicted octanol–water partition coefficient (Wildman–Crippen LogP) is 1.75. The van der Waals surface area contributed by atoms with Gasteiger partial charge in [-0.15, -0.1) is 0 Å². The van der Waals surface area contributed by atoms with E-state index in [0.29, 0.717) is 5.92 Å². The van der Waals surface area contributed by atoms with Crippen molar-refractivity contribution in [3.05, 3.63) is 11.7 Å². The lowest BCUT2D eigenvalue weighted by Gasteiger charge is -2.30. The molecule has 0 aliphatic carbocycles. The van der Waals surface area contributed by atoms with Crippen molar-refractivity contribution >= 4 is 0 Å². The summed E-state index contributed by atoms with van der Waals surface area (Å²) in [5.74, 6) is 2.67. The fraction of sp³-hybridized carbons (Fsp3) is 0.846. The Morgan fingerprint density at radius 2 is 2.11 bits per heavy atom. The van der Waals surface area contributed by atoms with Crippen molar-refractivity contribution in [3.8, 4) is 0 Å². The van der Waals surface area contributed by atoms with Crippen molar-refractivity contribution in [2.75, 3.05) is 19.6 Å². The van der Waals surface area contributed by atoms with Gasteiger partial charge in [-0.3, -0.25) is 4.90 Å². The SMILES string of the molecule is CC(C)c1nc(CN2CCC(CCN)CC2)no1. The molecule has 2 heterocycles. The van der Waals surface area contributed by atoms with Gasteiger partial charge in [0.15, 0.2) is 5.82 Å². The van der Waals surface area contributed by atoms with Gasteiger partial charge >= 0.3 is 0 Å². The molecular weight excluding hydrogens is 228 g/mol. The molecule has 5 heteroatoms. The van der Waals surface area contributed by atoms with E-state index in [1.807, 2.05) is 0 Å². The Hall–Kier alpha value is -0.940. The third kappa shape index (κ3) is 3.53. The number of nitrogens with zero attached hydrogens (tertiary/aromatic N) is 3. The van der Waals surface area contributed by atoms with E-state index >= 15 is 0 Å². The van der Waals surface area contributed by atoms with Gasteiger partial charge in [-0.2, -0.15) is 4.98 Å². The molecule has 0 unspecified atom stereocenters. The summed E-state index contributed by atoms with van der Waals surface area (Å²) in [6.07, 6.45) is 3.64. The first kappa shape index (κ1) is 13.5. The molecule has 0 aromatic carbocycles. The number of nitrogens with two attached hydrogens (primary N) is 1. The molecule has 1 saturated heterocycles. The van der Waals surface area contributed by atoms with Gasteiger partial charge < -0.3 is 10.3 Å². The molecule has 1 aliphatic heterocycles. The van der Waals surface area contributed by atoms with Crippen molar-refractivity contribution in [2.45, 2.75) is 45.6 Å². The first-order valence-corrected chi connectivity index (χ1v) is 6.94. The van der Waals surface area contributed by atoms with Crippen LogP contribution in [0.2, 0.25) is 0 Å². The largest absolute Gasteiger partial charge is 0.339 e. The molecule has 0 radical (unpaired) electrons. The molecule has 5 nitrogen and oxygen atoms in total. The van der Waals surface area contributed by atoms with E-state index in [-0.39, 0.29) is 0 Å². The molecule has 0 spiro atoms. The minimum absolute atomic E-state index is 0.307. The van der Waals surface area contributed by atoms with Gasteiger partial charge in [-0.25, -0.2) is 0 Å². The van der Waals surface area contributed by atoms with Crippen LogP contribution in [0.25, 0.3) is 0 Å². The zero-order valence-electron chi connectivity index (χ0n) is 11.4. The van der Waals surface area contributed by atoms with Crippen LogP contribution in [0.4, 0.5) is 0 Å². The zero-order chi connectivity index (χ0) is 13.0. The Morgan fingerprint density at radius 1 is 1.39 bits per heavy atom. The smallest absolute Gasteiger partial charge is 0.229 e. The van der Waals surface area contributed by atoms with Crippen LogP contribution < -0.4 is 5.73 Å². The van der Waals surface area contributed by atoms with Crippen molar-refractivity contribution in [2.24, 2.45) is 11.7 Å². The number of aromatic nitrogens is 2. The first-order valence-electron chi connectivity index (χ1n) is 6.94. The maximum absolute atomic E-state index is 5.60. The summed E-state index contributed by atoms with van der Waals surface area (Å²) in [7, 11) is 0. The standard InChI is InChI=1S/C13H24N4O/c1-10(2)13-15-12(16-18-13)9-17-7-4-11(3-6-14)5-8-17/h10-11H,3-9,14H2,1-2H3. The normalized spacial score (nSPS) is 18.7. The monoisotopic (exact) mass is 252 g/mol. The highest BCUT2D eigenvalue weighted by Gasteiger charge is 2.20. The number of hydrogen-bond acceptors (Lipinski definition) is 5. The number of hydrogen-bond donors (Lipinski definition) is 1. The van der Waals surface area contributed by atoms with Crippen molar-refractivity contribution < 1.29 is 4.52 Å². The van der Waals surface area contributed by atoms with Gasteiger partial charge in [0.25, 0.3) is 0 Å². The Bertz CT molecular complexity index is 356. The lowest BCUT2D eigenvalue weighted by molar-refractivity contribution is 0.168. The molecule has 1 aromatic rings. The molecule has 102 valence electrons. The molecular formula is C13H24N4O. The molecule has 1 aliphatic rings. The van der Waals surface area contributed by atoms with Crippen LogP contribution in [0.1, 0.15) is 50.7 Å². The van der Waals surface area contributed by atoms with Crippen LogP contribution in [-0.2, 0) is 6.54 Å². The Kier molecular flexibility index (Phi) is 4.72. The molecule has 0 bridgehead atoms. The molecule has 2 rings (SSSR count). The molecule has 1 aromatic heterocycles. The van der Waals surface area contributed by atoms with E-state index < -0.39 is 0 Å².